The molecule has 0 aromatic heterocycles. The number of likely N-dealkylation sites (tertiary alicyclic amines) is 1. The van der Waals surface area contributed by atoms with Gasteiger partial charge in [0, 0.05) is 12.7 Å². The van der Waals surface area contributed by atoms with Crippen LogP contribution < -0.4 is 5.32 Å². The Kier molecular flexibility index (Phi) is 7.44. The number of rotatable bonds is 5. The normalized spacial score (nSPS) is 17.2. The van der Waals surface area contributed by atoms with Crippen LogP contribution in [0.2, 0.25) is 0 Å². The molecule has 1 aromatic rings. The molecule has 25 heavy (non-hydrogen) atoms. The van der Waals surface area contributed by atoms with Gasteiger partial charge in [-0.15, -0.1) is 0 Å². The van der Waals surface area contributed by atoms with Crippen LogP contribution in [0.25, 0.3) is 0 Å². The molecule has 2 rings (SSSR count). The topological polar surface area (TPSA) is 52.7 Å². The fraction of sp³-hybridized carbons (Fsp3) is 0.600. The smallest absolute Gasteiger partial charge is 0.243 e. The monoisotopic (exact) mass is 345 g/mol. The molecule has 5 heteroatoms. The first-order chi connectivity index (χ1) is 12.0. The minimum atomic E-state index is -0.171. The standard InChI is InChI=1S/C20H31N3O2/c1-16-9-11-18(12-10-16)21-19(24)15-22(3)20(25)17(2)23-13-7-5-4-6-8-14-23/h9-12,17H,4-8,13-15H2,1-3H3,(H,21,24)/t17-/m0/s1. The van der Waals surface area contributed by atoms with Gasteiger partial charge in [0.15, 0.2) is 0 Å². The van der Waals surface area contributed by atoms with E-state index in [1.165, 1.54) is 24.2 Å². The van der Waals surface area contributed by atoms with Gasteiger partial charge < -0.3 is 10.2 Å². The van der Waals surface area contributed by atoms with Gasteiger partial charge in [-0.05, 0) is 51.9 Å². The van der Waals surface area contributed by atoms with Crippen molar-refractivity contribution in [1.82, 2.24) is 9.80 Å². The van der Waals surface area contributed by atoms with Crippen LogP contribution >= 0.6 is 0 Å². The third-order valence-corrected chi connectivity index (χ3v) is 4.89. The molecule has 1 saturated heterocycles. The average molecular weight is 345 g/mol. The van der Waals surface area contributed by atoms with Crippen LogP contribution in [0.15, 0.2) is 24.3 Å². The van der Waals surface area contributed by atoms with E-state index in [9.17, 15) is 9.59 Å². The van der Waals surface area contributed by atoms with Gasteiger partial charge in [0.1, 0.15) is 0 Å². The Morgan fingerprint density at radius 2 is 1.64 bits per heavy atom. The quantitative estimate of drug-likeness (QED) is 0.892. The Balaban J connectivity index is 1.85. The van der Waals surface area contributed by atoms with Crippen molar-refractivity contribution in [1.29, 1.82) is 0 Å². The largest absolute Gasteiger partial charge is 0.335 e. The van der Waals surface area contributed by atoms with Crippen molar-refractivity contribution in [2.45, 2.75) is 52.0 Å². The Bertz CT molecular complexity index is 563. The first kappa shape index (κ1) is 19.4. The number of hydrogen-bond acceptors (Lipinski definition) is 3. The molecule has 0 radical (unpaired) electrons. The van der Waals surface area contributed by atoms with Crippen molar-refractivity contribution in [2.75, 3.05) is 32.0 Å². The van der Waals surface area contributed by atoms with Crippen molar-refractivity contribution in [3.05, 3.63) is 29.8 Å². The predicted molar refractivity (Wildman–Crippen MR) is 102 cm³/mol. The van der Waals surface area contributed by atoms with E-state index in [1.54, 1.807) is 7.05 Å². The van der Waals surface area contributed by atoms with Gasteiger partial charge >= 0.3 is 0 Å². The number of anilines is 1. The van der Waals surface area contributed by atoms with Crippen molar-refractivity contribution < 1.29 is 9.59 Å². The lowest BCUT2D eigenvalue weighted by Crippen LogP contribution is -2.48. The fourth-order valence-electron chi connectivity index (χ4n) is 3.27. The first-order valence-corrected chi connectivity index (χ1v) is 9.33. The molecule has 1 fully saturated rings. The van der Waals surface area contributed by atoms with E-state index in [1.807, 2.05) is 38.1 Å². The highest BCUT2D eigenvalue weighted by Gasteiger charge is 2.25. The summed E-state index contributed by atoms with van der Waals surface area (Å²) in [6.45, 7) is 5.97. The highest BCUT2D eigenvalue weighted by atomic mass is 16.2. The lowest BCUT2D eigenvalue weighted by molar-refractivity contribution is -0.137. The predicted octanol–water partition coefficient (Wildman–Crippen LogP) is 3.05. The maximum atomic E-state index is 12.7. The molecular weight excluding hydrogens is 314 g/mol. The minimum Gasteiger partial charge on any atom is -0.335 e. The van der Waals surface area contributed by atoms with Gasteiger partial charge in [0.05, 0.1) is 12.6 Å². The van der Waals surface area contributed by atoms with Crippen molar-refractivity contribution >= 4 is 17.5 Å². The second-order valence-corrected chi connectivity index (χ2v) is 7.09. The third kappa shape index (κ3) is 6.16. The summed E-state index contributed by atoms with van der Waals surface area (Å²) in [5, 5.41) is 2.85. The molecule has 1 N–H and O–H groups in total. The van der Waals surface area contributed by atoms with Gasteiger partial charge in [0.25, 0.3) is 0 Å². The number of hydrogen-bond donors (Lipinski definition) is 1. The zero-order valence-corrected chi connectivity index (χ0v) is 15.8. The molecule has 0 unspecified atom stereocenters. The zero-order chi connectivity index (χ0) is 18.2. The molecule has 2 amide bonds. The number of likely N-dealkylation sites (N-methyl/N-ethyl adjacent to an activating group) is 1. The molecule has 1 aliphatic rings. The number of nitrogens with zero attached hydrogens (tertiary/aromatic N) is 2. The van der Waals surface area contributed by atoms with Crippen LogP contribution in [0.5, 0.6) is 0 Å². The lowest BCUT2D eigenvalue weighted by Gasteiger charge is -2.32. The maximum absolute atomic E-state index is 12.7. The molecule has 138 valence electrons. The summed E-state index contributed by atoms with van der Waals surface area (Å²) in [6.07, 6.45) is 6.08. The second-order valence-electron chi connectivity index (χ2n) is 7.09. The molecule has 0 aliphatic carbocycles. The summed E-state index contributed by atoms with van der Waals surface area (Å²) in [4.78, 5) is 28.7. The molecule has 5 nitrogen and oxygen atoms in total. The molecule has 0 saturated carbocycles. The molecule has 0 spiro atoms. The van der Waals surface area contributed by atoms with E-state index < -0.39 is 0 Å². The van der Waals surface area contributed by atoms with Gasteiger partial charge in [-0.3, -0.25) is 14.5 Å². The van der Waals surface area contributed by atoms with Gasteiger partial charge in [0.2, 0.25) is 11.8 Å². The van der Waals surface area contributed by atoms with Crippen LogP contribution in [0.3, 0.4) is 0 Å². The summed E-state index contributed by atoms with van der Waals surface area (Å²) >= 11 is 0. The molecule has 1 aliphatic heterocycles. The Labute approximate surface area is 151 Å². The Morgan fingerprint density at radius 1 is 1.08 bits per heavy atom. The summed E-state index contributed by atoms with van der Waals surface area (Å²) < 4.78 is 0. The van der Waals surface area contributed by atoms with Crippen molar-refractivity contribution in [3.63, 3.8) is 0 Å². The number of carbonyl (C=O) groups excluding carboxylic acids is 2. The minimum absolute atomic E-state index is 0.0135. The van der Waals surface area contributed by atoms with Gasteiger partial charge in [-0.1, -0.05) is 37.0 Å². The second kappa shape index (κ2) is 9.56. The van der Waals surface area contributed by atoms with Gasteiger partial charge in [-0.25, -0.2) is 0 Å². The highest BCUT2D eigenvalue weighted by molar-refractivity contribution is 5.95. The number of amides is 2. The van der Waals surface area contributed by atoms with Crippen LogP contribution in [0.4, 0.5) is 5.69 Å². The number of aryl methyl sites for hydroxylation is 1. The van der Waals surface area contributed by atoms with Crippen LogP contribution in [-0.4, -0.2) is 54.3 Å². The van der Waals surface area contributed by atoms with E-state index in [4.69, 9.17) is 0 Å². The molecule has 1 heterocycles. The van der Waals surface area contributed by atoms with Crippen LogP contribution in [0, 0.1) is 6.92 Å². The van der Waals surface area contributed by atoms with E-state index in [0.29, 0.717) is 0 Å². The number of benzene rings is 1. The molecule has 1 atom stereocenters. The Morgan fingerprint density at radius 3 is 2.24 bits per heavy atom. The lowest BCUT2D eigenvalue weighted by atomic mass is 10.1. The SMILES string of the molecule is Cc1ccc(NC(=O)CN(C)C(=O)[C@H](C)N2CCCCCCC2)cc1. The van der Waals surface area contributed by atoms with Crippen molar-refractivity contribution in [2.24, 2.45) is 0 Å². The molecule has 0 bridgehead atoms. The highest BCUT2D eigenvalue weighted by Crippen LogP contribution is 2.14. The van der Waals surface area contributed by atoms with Crippen LogP contribution in [0.1, 0.15) is 44.6 Å². The summed E-state index contributed by atoms with van der Waals surface area (Å²) in [7, 11) is 1.71. The van der Waals surface area contributed by atoms with Crippen LogP contribution in [-0.2, 0) is 9.59 Å². The first-order valence-electron chi connectivity index (χ1n) is 9.33. The maximum Gasteiger partial charge on any atom is 0.243 e. The zero-order valence-electron chi connectivity index (χ0n) is 15.8. The number of carbonyl (C=O) groups is 2. The van der Waals surface area contributed by atoms with Crippen molar-refractivity contribution in [3.8, 4) is 0 Å². The summed E-state index contributed by atoms with van der Waals surface area (Å²) in [5.74, 6) is -0.154. The fourth-order valence-corrected chi connectivity index (χ4v) is 3.27. The van der Waals surface area contributed by atoms with Gasteiger partial charge in [-0.2, -0.15) is 0 Å². The third-order valence-electron chi connectivity index (χ3n) is 4.89. The molecular formula is C20H31N3O2. The van der Waals surface area contributed by atoms with E-state index in [2.05, 4.69) is 10.2 Å². The Hall–Kier alpha value is -1.88. The summed E-state index contributed by atoms with van der Waals surface area (Å²) in [5.41, 5.74) is 1.90. The molecule has 1 aromatic carbocycles. The van der Waals surface area contributed by atoms with E-state index in [0.717, 1.165) is 37.2 Å². The van der Waals surface area contributed by atoms with E-state index in [-0.39, 0.29) is 24.4 Å². The van der Waals surface area contributed by atoms with E-state index >= 15 is 0 Å². The average Bonchev–Trinajstić information content (AvgIpc) is 2.55. The summed E-state index contributed by atoms with van der Waals surface area (Å²) in [6, 6.07) is 7.48. The number of nitrogens with one attached hydrogen (secondary N) is 1.